The Morgan fingerprint density at radius 1 is 1.00 bits per heavy atom. The van der Waals surface area contributed by atoms with E-state index in [9.17, 15) is 44.4 Å². The highest BCUT2D eigenvalue weighted by molar-refractivity contribution is 5.95. The quantitative estimate of drug-likeness (QED) is 0.152. The smallest absolute Gasteiger partial charge is 0.408 e. The molecule has 1 aliphatic heterocycles. The Balaban J connectivity index is 1.64. The Labute approximate surface area is 312 Å². The third kappa shape index (κ3) is 6.48. The number of halogens is 1. The fraction of sp³-hybridized carbons (Fsp3) is 0.658. The van der Waals surface area contributed by atoms with Crippen molar-refractivity contribution in [3.8, 4) is 0 Å². The minimum Gasteiger partial charge on any atom is -0.456 e. The molecule has 298 valence electrons. The second-order valence-electron chi connectivity index (χ2n) is 16.5. The molecule has 0 aromatic heterocycles. The van der Waals surface area contributed by atoms with Crippen LogP contribution in [0.4, 0.5) is 9.18 Å². The summed E-state index contributed by atoms with van der Waals surface area (Å²) in [4.78, 5) is 66.8. The second kappa shape index (κ2) is 14.0. The van der Waals surface area contributed by atoms with Crippen molar-refractivity contribution in [3.63, 3.8) is 0 Å². The van der Waals surface area contributed by atoms with Gasteiger partial charge in [-0.3, -0.25) is 14.4 Å². The van der Waals surface area contributed by atoms with E-state index in [4.69, 9.17) is 23.7 Å². The Bertz CT molecular complexity index is 1730. The molecule has 16 heteroatoms. The van der Waals surface area contributed by atoms with Crippen molar-refractivity contribution in [1.29, 1.82) is 0 Å². The van der Waals surface area contributed by atoms with Crippen LogP contribution in [-0.4, -0.2) is 116 Å². The summed E-state index contributed by atoms with van der Waals surface area (Å²) in [6.07, 6.45) is -15.3. The summed E-state index contributed by atoms with van der Waals surface area (Å²) in [5, 5.41) is 50.8. The third-order valence-corrected chi connectivity index (χ3v) is 11.6. The number of carbonyl (C=O) groups excluding carboxylic acids is 5. The first-order valence-corrected chi connectivity index (χ1v) is 17.7. The number of fused-ring (bicyclic) bond motifs is 5. The SMILES string of the molecule is CC(=O)O[C@H]1C(=O)[C@@]2(C)[C@H]([C@H](O)[C@]3(O)C[C@H](OC(=O)[C@H](O)[C@@H](NC(=O)OC(C)(C)C)c4ccccc4)C(C)=C1C3(C)C)[C@]1(OC(C)=O)CO[C@@H]1[C@@H](F)[C@@H]2O. The minimum atomic E-state index is -2.45. The van der Waals surface area contributed by atoms with Gasteiger partial charge in [-0.1, -0.05) is 44.2 Å². The fourth-order valence-corrected chi connectivity index (χ4v) is 8.97. The van der Waals surface area contributed by atoms with Crippen molar-refractivity contribution in [3.05, 3.63) is 47.0 Å². The van der Waals surface area contributed by atoms with Crippen molar-refractivity contribution in [2.24, 2.45) is 16.7 Å². The maximum atomic E-state index is 16.1. The number of Topliss-reactive ketones (excluding diaryl/α,β-unsaturated/α-hetero) is 1. The van der Waals surface area contributed by atoms with Gasteiger partial charge in [0.1, 0.15) is 29.5 Å². The Morgan fingerprint density at radius 3 is 2.13 bits per heavy atom. The molecule has 4 aliphatic rings. The zero-order valence-corrected chi connectivity index (χ0v) is 31.7. The molecular formula is C38H50FNO14. The minimum absolute atomic E-state index is 0.0945. The van der Waals surface area contributed by atoms with Crippen LogP contribution < -0.4 is 5.32 Å². The van der Waals surface area contributed by atoms with E-state index in [0.717, 1.165) is 20.8 Å². The summed E-state index contributed by atoms with van der Waals surface area (Å²) in [5.74, 6) is -6.01. The molecule has 1 saturated heterocycles. The summed E-state index contributed by atoms with van der Waals surface area (Å²) in [6.45, 7) is 11.9. The van der Waals surface area contributed by atoms with Gasteiger partial charge in [-0.05, 0) is 51.3 Å². The van der Waals surface area contributed by atoms with Gasteiger partial charge in [-0.15, -0.1) is 0 Å². The van der Waals surface area contributed by atoms with E-state index in [2.05, 4.69) is 5.32 Å². The number of alkyl halides is 1. The number of alkyl carbamates (subject to hydrolysis) is 1. The predicted molar refractivity (Wildman–Crippen MR) is 184 cm³/mol. The molecule has 0 unspecified atom stereocenters. The average Bonchev–Trinajstić information content (AvgIpc) is 3.05. The molecule has 54 heavy (non-hydrogen) atoms. The van der Waals surface area contributed by atoms with Crippen LogP contribution >= 0.6 is 0 Å². The lowest BCUT2D eigenvalue weighted by Gasteiger charge is -2.67. The van der Waals surface area contributed by atoms with Crippen LogP contribution in [-0.2, 0) is 42.9 Å². The second-order valence-corrected chi connectivity index (χ2v) is 16.5. The highest BCUT2D eigenvalue weighted by atomic mass is 19.1. The zero-order chi connectivity index (χ0) is 40.5. The van der Waals surface area contributed by atoms with Gasteiger partial charge in [-0.25, -0.2) is 14.0 Å². The summed E-state index contributed by atoms with van der Waals surface area (Å²) < 4.78 is 44.0. The number of ketones is 1. The van der Waals surface area contributed by atoms with Gasteiger partial charge in [-0.2, -0.15) is 0 Å². The van der Waals surface area contributed by atoms with Gasteiger partial charge < -0.3 is 49.4 Å². The molecule has 1 aromatic carbocycles. The first kappa shape index (κ1) is 41.2. The van der Waals surface area contributed by atoms with E-state index in [1.54, 1.807) is 51.1 Å². The van der Waals surface area contributed by atoms with Crippen LogP contribution in [0.25, 0.3) is 0 Å². The molecule has 5 N–H and O–H groups in total. The Hall–Kier alpha value is -3.96. The number of aliphatic hydroxyl groups excluding tert-OH is 3. The molecule has 1 aromatic rings. The molecule has 1 amide bonds. The van der Waals surface area contributed by atoms with Crippen LogP contribution in [0.15, 0.2) is 41.5 Å². The van der Waals surface area contributed by atoms with Gasteiger partial charge in [0.25, 0.3) is 0 Å². The number of nitrogens with one attached hydrogen (secondary N) is 1. The summed E-state index contributed by atoms with van der Waals surface area (Å²) in [7, 11) is 0. The third-order valence-electron chi connectivity index (χ3n) is 11.6. The van der Waals surface area contributed by atoms with E-state index < -0.39 is 125 Å². The first-order chi connectivity index (χ1) is 24.8. The molecule has 12 atom stereocenters. The van der Waals surface area contributed by atoms with Gasteiger partial charge >= 0.3 is 24.0 Å². The van der Waals surface area contributed by atoms with Crippen molar-refractivity contribution >= 4 is 29.8 Å². The highest BCUT2D eigenvalue weighted by Crippen LogP contribution is 2.64. The topological polar surface area (TPSA) is 224 Å². The van der Waals surface area contributed by atoms with E-state index in [-0.39, 0.29) is 11.1 Å². The van der Waals surface area contributed by atoms with E-state index in [0.29, 0.717) is 5.56 Å². The highest BCUT2D eigenvalue weighted by Gasteiger charge is 2.79. The lowest BCUT2D eigenvalue weighted by atomic mass is 9.44. The normalized spacial score (nSPS) is 36.8. The maximum absolute atomic E-state index is 16.1. The number of aliphatic hydroxyl groups is 4. The molecule has 0 radical (unpaired) electrons. The monoisotopic (exact) mass is 763 g/mol. The molecular weight excluding hydrogens is 713 g/mol. The molecule has 2 saturated carbocycles. The number of rotatable bonds is 7. The number of amides is 1. The van der Waals surface area contributed by atoms with Gasteiger partial charge in [0, 0.05) is 31.6 Å². The van der Waals surface area contributed by atoms with Gasteiger partial charge in [0.15, 0.2) is 29.8 Å². The Kier molecular flexibility index (Phi) is 10.7. The lowest BCUT2D eigenvalue weighted by Crippen LogP contribution is -2.84. The number of benzene rings is 1. The van der Waals surface area contributed by atoms with Crippen LogP contribution in [0.2, 0.25) is 0 Å². The lowest BCUT2D eigenvalue weighted by molar-refractivity contribution is -0.362. The summed E-state index contributed by atoms with van der Waals surface area (Å²) >= 11 is 0. The Morgan fingerprint density at radius 2 is 1.61 bits per heavy atom. The summed E-state index contributed by atoms with van der Waals surface area (Å²) in [5.41, 5.74) is -9.20. The average molecular weight is 764 g/mol. The largest absolute Gasteiger partial charge is 0.456 e. The van der Waals surface area contributed by atoms with E-state index in [1.807, 2.05) is 0 Å². The van der Waals surface area contributed by atoms with Crippen LogP contribution in [0.3, 0.4) is 0 Å². The molecule has 3 aliphatic carbocycles. The van der Waals surface area contributed by atoms with Crippen molar-refractivity contribution in [2.45, 2.75) is 134 Å². The van der Waals surface area contributed by atoms with Crippen molar-refractivity contribution in [2.75, 3.05) is 6.61 Å². The molecule has 0 spiro atoms. The van der Waals surface area contributed by atoms with E-state index in [1.165, 1.54) is 20.8 Å². The van der Waals surface area contributed by atoms with Crippen LogP contribution in [0.5, 0.6) is 0 Å². The van der Waals surface area contributed by atoms with Crippen LogP contribution in [0, 0.1) is 16.7 Å². The number of esters is 3. The molecule has 5 rings (SSSR count). The van der Waals surface area contributed by atoms with E-state index >= 15 is 4.39 Å². The number of hydrogen-bond acceptors (Lipinski definition) is 14. The molecule has 15 nitrogen and oxygen atoms in total. The van der Waals surface area contributed by atoms with Crippen LogP contribution in [0.1, 0.15) is 80.3 Å². The predicted octanol–water partition coefficient (Wildman–Crippen LogP) is 1.91. The maximum Gasteiger partial charge on any atom is 0.408 e. The molecule has 1 heterocycles. The van der Waals surface area contributed by atoms with Crippen molar-refractivity contribution < 1.29 is 72.5 Å². The molecule has 2 bridgehead atoms. The number of hydrogen-bond donors (Lipinski definition) is 5. The first-order valence-electron chi connectivity index (χ1n) is 17.7. The van der Waals surface area contributed by atoms with Gasteiger partial charge in [0.05, 0.1) is 24.2 Å². The number of carbonyl (C=O) groups is 5. The molecule has 3 fully saturated rings. The summed E-state index contributed by atoms with van der Waals surface area (Å²) in [6, 6.07) is 6.63. The number of ether oxygens (including phenoxy) is 5. The zero-order valence-electron chi connectivity index (χ0n) is 31.7. The van der Waals surface area contributed by atoms with Gasteiger partial charge in [0.2, 0.25) is 0 Å². The standard InChI is InChI=1S/C38H50FNO14/c1-17-21(52-32(47)25(43)24(20-13-11-10-12-14-20)40-33(48)54-34(4,5)6)15-38(49)30(46)27-36(9,29(45)26(51-18(2)41)22(17)35(38,7)8)28(44)23(39)31-37(27,16-50-31)53-19(3)42/h10-14,21,23-28,30-31,43-44,46,49H,15-16H2,1-9H3,(H,40,48)/t21-,23-,24-,25+,26+,27-,28-,30-,31+,36-,37+,38+/m0/s1. The van der Waals surface area contributed by atoms with Crippen molar-refractivity contribution in [1.82, 2.24) is 5.32 Å². The fourth-order valence-electron chi connectivity index (χ4n) is 8.97.